The number of anilines is 1. The molecule has 2 rings (SSSR count). The predicted molar refractivity (Wildman–Crippen MR) is 83.9 cm³/mol. The Morgan fingerprint density at radius 1 is 1.10 bits per heavy atom. The lowest BCUT2D eigenvalue weighted by atomic mass is 9.81. The van der Waals surface area contributed by atoms with Gasteiger partial charge in [0.25, 0.3) is 0 Å². The topological polar surface area (TPSA) is 49.4 Å². The van der Waals surface area contributed by atoms with Gasteiger partial charge in [0.2, 0.25) is 11.8 Å². The van der Waals surface area contributed by atoms with E-state index in [1.165, 1.54) is 4.90 Å². The molecule has 1 aromatic carbocycles. The maximum absolute atomic E-state index is 12.7. The molecule has 4 nitrogen and oxygen atoms in total. The van der Waals surface area contributed by atoms with Crippen LogP contribution in [0.25, 0.3) is 0 Å². The number of nitrogens with one attached hydrogen (secondary N) is 1. The summed E-state index contributed by atoms with van der Waals surface area (Å²) in [7, 11) is 0. The normalized spacial score (nSPS) is 17.6. The fourth-order valence-corrected chi connectivity index (χ4v) is 2.89. The molecule has 0 atom stereocenters. The summed E-state index contributed by atoms with van der Waals surface area (Å²) in [5, 5.41) is 3.25. The van der Waals surface area contributed by atoms with Crippen molar-refractivity contribution in [3.8, 4) is 0 Å². The Morgan fingerprint density at radius 3 is 2.19 bits per heavy atom. The van der Waals surface area contributed by atoms with Gasteiger partial charge >= 0.3 is 0 Å². The van der Waals surface area contributed by atoms with Crippen molar-refractivity contribution in [2.24, 2.45) is 5.41 Å². The number of amides is 2. The molecule has 0 bridgehead atoms. The Morgan fingerprint density at radius 2 is 1.71 bits per heavy atom. The van der Waals surface area contributed by atoms with Gasteiger partial charge in [-0.3, -0.25) is 14.5 Å². The van der Waals surface area contributed by atoms with Crippen LogP contribution >= 0.6 is 0 Å². The van der Waals surface area contributed by atoms with E-state index in [1.54, 1.807) is 0 Å². The summed E-state index contributed by atoms with van der Waals surface area (Å²) in [6, 6.07) is 7.67. The van der Waals surface area contributed by atoms with E-state index in [0.717, 1.165) is 18.7 Å². The Bertz CT molecular complexity index is 518. The second-order valence-corrected chi connectivity index (χ2v) is 5.65. The van der Waals surface area contributed by atoms with Crippen molar-refractivity contribution in [1.29, 1.82) is 0 Å². The average Bonchev–Trinajstić information content (AvgIpc) is 2.77. The Hall–Kier alpha value is -1.68. The molecule has 0 radical (unpaired) electrons. The van der Waals surface area contributed by atoms with E-state index in [2.05, 4.69) is 12.2 Å². The molecular weight excluding hydrogens is 264 g/mol. The summed E-state index contributed by atoms with van der Waals surface area (Å²) in [4.78, 5) is 26.3. The quantitative estimate of drug-likeness (QED) is 0.819. The first-order valence-corrected chi connectivity index (χ1v) is 7.75. The first kappa shape index (κ1) is 15.7. The second-order valence-electron chi connectivity index (χ2n) is 5.65. The number of benzene rings is 1. The molecule has 1 heterocycles. The first-order valence-electron chi connectivity index (χ1n) is 7.75. The number of rotatable bonds is 6. The molecule has 4 heteroatoms. The van der Waals surface area contributed by atoms with Crippen LogP contribution in [0.4, 0.5) is 5.69 Å². The third-order valence-corrected chi connectivity index (χ3v) is 4.52. The molecule has 1 fully saturated rings. The zero-order chi connectivity index (χ0) is 15.5. The minimum Gasteiger partial charge on any atom is -0.313 e. The van der Waals surface area contributed by atoms with Crippen LogP contribution in [0.15, 0.2) is 24.3 Å². The summed E-state index contributed by atoms with van der Waals surface area (Å²) in [5.41, 5.74) is 1.34. The average molecular weight is 288 g/mol. The van der Waals surface area contributed by atoms with Crippen LogP contribution in [0.3, 0.4) is 0 Å². The molecule has 1 aromatic rings. The summed E-state index contributed by atoms with van der Waals surface area (Å²) in [5.74, 6) is -0.125. The van der Waals surface area contributed by atoms with Crippen LogP contribution in [-0.4, -0.2) is 18.4 Å². The maximum atomic E-state index is 12.7. The highest BCUT2D eigenvalue weighted by molar-refractivity contribution is 6.22. The van der Waals surface area contributed by atoms with E-state index in [1.807, 2.05) is 38.1 Å². The van der Waals surface area contributed by atoms with Gasteiger partial charge in [0.05, 0.1) is 11.1 Å². The maximum Gasteiger partial charge on any atom is 0.240 e. The highest BCUT2D eigenvalue weighted by Crippen LogP contribution is 2.41. The molecule has 1 saturated heterocycles. The molecule has 114 valence electrons. The third-order valence-electron chi connectivity index (χ3n) is 4.52. The molecule has 0 aliphatic carbocycles. The number of imide groups is 1. The molecule has 1 N–H and O–H groups in total. The van der Waals surface area contributed by atoms with Crippen molar-refractivity contribution in [3.63, 3.8) is 0 Å². The van der Waals surface area contributed by atoms with Crippen LogP contribution in [0, 0.1) is 5.41 Å². The molecule has 2 amide bonds. The van der Waals surface area contributed by atoms with Gasteiger partial charge in [-0.1, -0.05) is 32.9 Å². The molecule has 0 saturated carbocycles. The van der Waals surface area contributed by atoms with Crippen LogP contribution in [0.2, 0.25) is 0 Å². The lowest BCUT2D eigenvalue weighted by molar-refractivity contribution is -0.126. The molecular formula is C17H24N2O2. The van der Waals surface area contributed by atoms with Crippen molar-refractivity contribution in [1.82, 2.24) is 5.32 Å². The van der Waals surface area contributed by atoms with Crippen molar-refractivity contribution in [3.05, 3.63) is 29.8 Å². The van der Waals surface area contributed by atoms with E-state index in [9.17, 15) is 9.59 Å². The Kier molecular flexibility index (Phi) is 4.78. The summed E-state index contributed by atoms with van der Waals surface area (Å²) in [6.45, 7) is 7.74. The zero-order valence-corrected chi connectivity index (χ0v) is 13.1. The van der Waals surface area contributed by atoms with Crippen LogP contribution < -0.4 is 10.2 Å². The lowest BCUT2D eigenvalue weighted by Gasteiger charge is -2.23. The van der Waals surface area contributed by atoms with Crippen molar-refractivity contribution in [2.45, 2.75) is 46.6 Å². The molecule has 0 spiro atoms. The number of nitrogens with zero attached hydrogens (tertiary/aromatic N) is 1. The van der Waals surface area contributed by atoms with Gasteiger partial charge in [0.15, 0.2) is 0 Å². The molecule has 0 unspecified atom stereocenters. The van der Waals surface area contributed by atoms with E-state index in [4.69, 9.17) is 0 Å². The minimum absolute atomic E-state index is 0.0445. The molecule has 21 heavy (non-hydrogen) atoms. The van der Waals surface area contributed by atoms with Crippen molar-refractivity contribution >= 4 is 17.5 Å². The number of carbonyl (C=O) groups is 2. The van der Waals surface area contributed by atoms with Gasteiger partial charge in [0, 0.05) is 13.0 Å². The molecule has 0 aromatic heterocycles. The van der Waals surface area contributed by atoms with E-state index in [0.29, 0.717) is 24.9 Å². The van der Waals surface area contributed by atoms with Gasteiger partial charge in [0.1, 0.15) is 0 Å². The van der Waals surface area contributed by atoms with E-state index >= 15 is 0 Å². The second kappa shape index (κ2) is 6.39. The van der Waals surface area contributed by atoms with Crippen LogP contribution in [0.1, 0.15) is 45.6 Å². The number of carbonyl (C=O) groups excluding carboxylic acids is 2. The highest BCUT2D eigenvalue weighted by Gasteiger charge is 2.49. The number of hydrogen-bond donors (Lipinski definition) is 1. The van der Waals surface area contributed by atoms with Gasteiger partial charge in [-0.15, -0.1) is 0 Å². The van der Waals surface area contributed by atoms with Gasteiger partial charge in [-0.05, 0) is 37.1 Å². The Labute approximate surface area is 126 Å². The van der Waals surface area contributed by atoms with Crippen molar-refractivity contribution < 1.29 is 9.59 Å². The van der Waals surface area contributed by atoms with Gasteiger partial charge in [-0.2, -0.15) is 0 Å². The summed E-state index contributed by atoms with van der Waals surface area (Å²) < 4.78 is 0. The van der Waals surface area contributed by atoms with Crippen LogP contribution in [-0.2, 0) is 16.1 Å². The predicted octanol–water partition coefficient (Wildman–Crippen LogP) is 2.87. The smallest absolute Gasteiger partial charge is 0.240 e. The standard InChI is InChI=1S/C17H24N2O2/c1-4-17(5-2)11-15(20)19(16(17)21)14-9-7-13(8-10-14)12-18-6-3/h7-10,18H,4-6,11-12H2,1-3H3. The van der Waals surface area contributed by atoms with Gasteiger partial charge in [-0.25, -0.2) is 0 Å². The third kappa shape index (κ3) is 2.86. The Balaban J connectivity index is 2.22. The van der Waals surface area contributed by atoms with Crippen LogP contribution in [0.5, 0.6) is 0 Å². The summed E-state index contributed by atoms with van der Waals surface area (Å²) >= 11 is 0. The zero-order valence-electron chi connectivity index (χ0n) is 13.1. The lowest BCUT2D eigenvalue weighted by Crippen LogP contribution is -2.35. The SMILES string of the molecule is CCNCc1ccc(N2C(=O)CC(CC)(CC)C2=O)cc1. The van der Waals surface area contributed by atoms with E-state index < -0.39 is 5.41 Å². The first-order chi connectivity index (χ1) is 10.1. The van der Waals surface area contributed by atoms with Crippen molar-refractivity contribution in [2.75, 3.05) is 11.4 Å². The summed E-state index contributed by atoms with van der Waals surface area (Å²) in [6.07, 6.45) is 1.75. The minimum atomic E-state index is -0.500. The number of hydrogen-bond acceptors (Lipinski definition) is 3. The largest absolute Gasteiger partial charge is 0.313 e. The molecule has 1 aliphatic rings. The molecule has 1 aliphatic heterocycles. The highest BCUT2D eigenvalue weighted by atomic mass is 16.2. The fraction of sp³-hybridized carbons (Fsp3) is 0.529. The van der Waals surface area contributed by atoms with E-state index in [-0.39, 0.29) is 11.8 Å². The monoisotopic (exact) mass is 288 g/mol. The van der Waals surface area contributed by atoms with Gasteiger partial charge < -0.3 is 5.32 Å². The fourth-order valence-electron chi connectivity index (χ4n) is 2.89.